The molecular formula is C8H6N2O3. The maximum atomic E-state index is 11.1. The molecule has 0 N–H and O–H groups in total. The Labute approximate surface area is 73.9 Å². The van der Waals surface area contributed by atoms with E-state index in [1.54, 1.807) is 18.2 Å². The van der Waals surface area contributed by atoms with Crippen molar-refractivity contribution in [1.29, 1.82) is 0 Å². The fourth-order valence-corrected chi connectivity index (χ4v) is 1.06. The van der Waals surface area contributed by atoms with Gasteiger partial charge >= 0.3 is 6.09 Å². The average Bonchev–Trinajstić information content (AvgIpc) is 2.48. The quantitative estimate of drug-likeness (QED) is 0.630. The summed E-state index contributed by atoms with van der Waals surface area (Å²) in [7, 11) is 0. The summed E-state index contributed by atoms with van der Waals surface area (Å²) >= 11 is 0. The van der Waals surface area contributed by atoms with E-state index in [4.69, 9.17) is 0 Å². The maximum Gasteiger partial charge on any atom is 0.423 e. The van der Waals surface area contributed by atoms with E-state index in [2.05, 4.69) is 9.72 Å². The third-order valence-corrected chi connectivity index (χ3v) is 1.63. The molecule has 1 aliphatic heterocycles. The number of carbonyl (C=O) groups excluding carboxylic acids is 2. The van der Waals surface area contributed by atoms with Crippen molar-refractivity contribution < 1.29 is 14.3 Å². The number of aromatic nitrogens is 1. The van der Waals surface area contributed by atoms with E-state index in [0.717, 1.165) is 4.90 Å². The molecule has 1 aliphatic rings. The molecule has 5 nitrogen and oxygen atoms in total. The van der Waals surface area contributed by atoms with Gasteiger partial charge in [0.15, 0.2) is 6.61 Å². The Morgan fingerprint density at radius 1 is 1.38 bits per heavy atom. The summed E-state index contributed by atoms with van der Waals surface area (Å²) in [5, 5.41) is 0. The Balaban J connectivity index is 2.36. The average molecular weight is 178 g/mol. The fraction of sp³-hybridized carbons (Fsp3) is 0.125. The molecule has 0 spiro atoms. The molecule has 66 valence electrons. The Hall–Kier alpha value is -1.91. The highest BCUT2D eigenvalue weighted by molar-refractivity contribution is 6.15. The Morgan fingerprint density at radius 3 is 2.77 bits per heavy atom. The van der Waals surface area contributed by atoms with Crippen molar-refractivity contribution in [3.05, 3.63) is 24.4 Å². The highest BCUT2D eigenvalue weighted by atomic mass is 16.6. The van der Waals surface area contributed by atoms with Crippen molar-refractivity contribution in [1.82, 2.24) is 4.98 Å². The van der Waals surface area contributed by atoms with Crippen LogP contribution in [-0.2, 0) is 9.53 Å². The molecule has 2 rings (SSSR count). The van der Waals surface area contributed by atoms with Gasteiger partial charge in [-0.3, -0.25) is 4.79 Å². The van der Waals surface area contributed by atoms with Crippen LogP contribution in [0.15, 0.2) is 24.4 Å². The number of ether oxygens (including phenoxy) is 1. The molecule has 0 aliphatic carbocycles. The minimum absolute atomic E-state index is 0.199. The zero-order chi connectivity index (χ0) is 9.26. The summed E-state index contributed by atoms with van der Waals surface area (Å²) in [5.74, 6) is -0.0845. The van der Waals surface area contributed by atoms with Crippen molar-refractivity contribution in [3.8, 4) is 0 Å². The Morgan fingerprint density at radius 2 is 2.23 bits per heavy atom. The molecule has 2 heterocycles. The number of carbonyl (C=O) groups is 2. The lowest BCUT2D eigenvalue weighted by Gasteiger charge is -2.07. The second-order valence-corrected chi connectivity index (χ2v) is 2.47. The first-order valence-corrected chi connectivity index (χ1v) is 3.70. The van der Waals surface area contributed by atoms with Crippen LogP contribution in [0.2, 0.25) is 0 Å². The van der Waals surface area contributed by atoms with E-state index in [0.29, 0.717) is 5.82 Å². The molecule has 0 aromatic carbocycles. The maximum absolute atomic E-state index is 11.1. The first-order chi connectivity index (χ1) is 6.29. The largest absolute Gasteiger partial charge is 0.439 e. The molecule has 1 aromatic heterocycles. The standard InChI is InChI=1S/C8H6N2O3/c11-7-5-13-8(12)10(7)6-3-1-2-4-9-6/h1-4H,5H2. The molecule has 0 saturated carbocycles. The molecule has 2 amide bonds. The van der Waals surface area contributed by atoms with Gasteiger partial charge in [-0.05, 0) is 12.1 Å². The van der Waals surface area contributed by atoms with Gasteiger partial charge in [-0.1, -0.05) is 6.07 Å². The number of anilines is 1. The number of cyclic esters (lactones) is 1. The summed E-state index contributed by atoms with van der Waals surface area (Å²) in [4.78, 5) is 26.9. The van der Waals surface area contributed by atoms with Crippen LogP contribution in [0.1, 0.15) is 0 Å². The summed E-state index contributed by atoms with van der Waals surface area (Å²) in [6, 6.07) is 4.97. The number of nitrogens with zero attached hydrogens (tertiary/aromatic N) is 2. The molecule has 1 saturated heterocycles. The number of hydrogen-bond acceptors (Lipinski definition) is 4. The van der Waals surface area contributed by atoms with Gasteiger partial charge in [-0.15, -0.1) is 0 Å². The third kappa shape index (κ3) is 1.24. The van der Waals surface area contributed by atoms with Crippen molar-refractivity contribution in [3.63, 3.8) is 0 Å². The monoisotopic (exact) mass is 178 g/mol. The Kier molecular flexibility index (Phi) is 1.70. The third-order valence-electron chi connectivity index (χ3n) is 1.63. The number of imide groups is 1. The molecular weight excluding hydrogens is 172 g/mol. The molecule has 1 fully saturated rings. The predicted octanol–water partition coefficient (Wildman–Crippen LogP) is 0.565. The summed E-state index contributed by atoms with van der Waals surface area (Å²) in [6.45, 7) is -0.199. The zero-order valence-corrected chi connectivity index (χ0v) is 6.64. The fourth-order valence-electron chi connectivity index (χ4n) is 1.06. The number of rotatable bonds is 1. The molecule has 13 heavy (non-hydrogen) atoms. The number of amides is 2. The topological polar surface area (TPSA) is 59.5 Å². The van der Waals surface area contributed by atoms with E-state index < -0.39 is 6.09 Å². The van der Waals surface area contributed by atoms with Gasteiger partial charge in [-0.2, -0.15) is 4.90 Å². The molecule has 0 atom stereocenters. The molecule has 0 radical (unpaired) electrons. The SMILES string of the molecule is O=C1COC(=O)N1c1ccccn1. The van der Waals surface area contributed by atoms with E-state index in [1.165, 1.54) is 6.20 Å². The highest BCUT2D eigenvalue weighted by Crippen LogP contribution is 2.15. The van der Waals surface area contributed by atoms with Crippen molar-refractivity contribution >= 4 is 17.8 Å². The van der Waals surface area contributed by atoms with Crippen molar-refractivity contribution in [2.24, 2.45) is 0 Å². The first kappa shape index (κ1) is 7.72. The van der Waals surface area contributed by atoms with Gasteiger partial charge in [-0.25, -0.2) is 9.78 Å². The van der Waals surface area contributed by atoms with E-state index in [-0.39, 0.29) is 12.5 Å². The lowest BCUT2D eigenvalue weighted by Crippen LogP contribution is -2.29. The van der Waals surface area contributed by atoms with Gasteiger partial charge in [0.25, 0.3) is 5.91 Å². The summed E-state index contributed by atoms with van der Waals surface area (Å²) in [6.07, 6.45) is 0.845. The van der Waals surface area contributed by atoms with Crippen LogP contribution >= 0.6 is 0 Å². The molecule has 0 bridgehead atoms. The van der Waals surface area contributed by atoms with Crippen LogP contribution < -0.4 is 4.90 Å². The smallest absolute Gasteiger partial charge is 0.423 e. The van der Waals surface area contributed by atoms with Gasteiger partial charge in [0.1, 0.15) is 5.82 Å². The van der Waals surface area contributed by atoms with Crippen molar-refractivity contribution in [2.75, 3.05) is 11.5 Å². The Bertz CT molecular complexity index is 334. The van der Waals surface area contributed by atoms with Crippen LogP contribution in [-0.4, -0.2) is 23.6 Å². The minimum Gasteiger partial charge on any atom is -0.439 e. The van der Waals surface area contributed by atoms with Crippen LogP contribution in [0.3, 0.4) is 0 Å². The van der Waals surface area contributed by atoms with Gasteiger partial charge in [0.05, 0.1) is 0 Å². The summed E-state index contributed by atoms with van der Waals surface area (Å²) < 4.78 is 4.53. The minimum atomic E-state index is -0.663. The second kappa shape index (κ2) is 2.85. The number of hydrogen-bond donors (Lipinski definition) is 0. The lowest BCUT2D eigenvalue weighted by molar-refractivity contribution is -0.117. The van der Waals surface area contributed by atoms with Gasteiger partial charge < -0.3 is 4.74 Å². The predicted molar refractivity (Wildman–Crippen MR) is 43.1 cm³/mol. The van der Waals surface area contributed by atoms with Gasteiger partial charge in [0.2, 0.25) is 0 Å². The number of pyridine rings is 1. The van der Waals surface area contributed by atoms with Crippen molar-refractivity contribution in [2.45, 2.75) is 0 Å². The molecule has 1 aromatic rings. The highest BCUT2D eigenvalue weighted by Gasteiger charge is 2.33. The van der Waals surface area contributed by atoms with E-state index in [1.807, 2.05) is 0 Å². The van der Waals surface area contributed by atoms with E-state index in [9.17, 15) is 9.59 Å². The van der Waals surface area contributed by atoms with Crippen LogP contribution in [0.25, 0.3) is 0 Å². The van der Waals surface area contributed by atoms with Crippen LogP contribution in [0.5, 0.6) is 0 Å². The van der Waals surface area contributed by atoms with Gasteiger partial charge in [0, 0.05) is 6.20 Å². The van der Waals surface area contributed by atoms with E-state index >= 15 is 0 Å². The van der Waals surface area contributed by atoms with Crippen LogP contribution in [0, 0.1) is 0 Å². The summed E-state index contributed by atoms with van der Waals surface area (Å²) in [5.41, 5.74) is 0. The molecule has 5 heteroatoms. The lowest BCUT2D eigenvalue weighted by atomic mass is 10.4. The molecule has 0 unspecified atom stereocenters. The first-order valence-electron chi connectivity index (χ1n) is 3.70. The second-order valence-electron chi connectivity index (χ2n) is 2.47. The normalized spacial score (nSPS) is 16.2. The van der Waals surface area contributed by atoms with Crippen LogP contribution in [0.4, 0.5) is 10.6 Å². The zero-order valence-electron chi connectivity index (χ0n) is 6.64.